The number of hydrogen-bond donors (Lipinski definition) is 3. The number of nitrogens with one attached hydrogen (secondary N) is 2. The van der Waals surface area contributed by atoms with Crippen LogP contribution < -0.4 is 4.74 Å². The Morgan fingerprint density at radius 1 is 1.03 bits per heavy atom. The predicted molar refractivity (Wildman–Crippen MR) is 153 cm³/mol. The molecule has 0 spiro atoms. The lowest BCUT2D eigenvalue weighted by Gasteiger charge is -2.15. The van der Waals surface area contributed by atoms with E-state index in [0.717, 1.165) is 22.4 Å². The first kappa shape index (κ1) is 26.2. The van der Waals surface area contributed by atoms with E-state index < -0.39 is 15.7 Å². The summed E-state index contributed by atoms with van der Waals surface area (Å²) in [5.41, 5.74) is 5.59. The highest BCUT2D eigenvalue weighted by Gasteiger charge is 2.48. The van der Waals surface area contributed by atoms with Crippen LogP contribution in [-0.4, -0.2) is 69.2 Å². The van der Waals surface area contributed by atoms with E-state index in [-0.39, 0.29) is 30.2 Å². The number of benzene rings is 2. The molecule has 2 saturated heterocycles. The summed E-state index contributed by atoms with van der Waals surface area (Å²) >= 11 is 6.61. The second kappa shape index (κ2) is 10.2. The Bertz CT molecular complexity index is 1630. The Morgan fingerprint density at radius 2 is 1.67 bits per heavy atom. The fourth-order valence-corrected chi connectivity index (χ4v) is 5.73. The van der Waals surface area contributed by atoms with E-state index in [1.807, 2.05) is 68.6 Å². The normalized spacial score (nSPS) is 24.2. The minimum atomic E-state index is -1.77. The number of aliphatic hydroxyl groups is 1. The molecule has 4 heterocycles. The lowest BCUT2D eigenvalue weighted by Crippen LogP contribution is -2.34. The molecule has 3 N–H and O–H groups in total. The number of aromatic amines is 1. The van der Waals surface area contributed by atoms with E-state index in [9.17, 15) is 5.11 Å². The highest BCUT2D eigenvalue weighted by Crippen LogP contribution is 2.33. The summed E-state index contributed by atoms with van der Waals surface area (Å²) in [4.78, 5) is 12.3. The lowest BCUT2D eigenvalue weighted by molar-refractivity contribution is 0.00706. The number of aliphatic hydroxyl groups excluding tert-OH is 1. The maximum Gasteiger partial charge on any atom is 0.296 e. The summed E-state index contributed by atoms with van der Waals surface area (Å²) in [5, 5.41) is 10.6. The highest BCUT2D eigenvalue weighted by atomic mass is 35.5. The van der Waals surface area contributed by atoms with Gasteiger partial charge in [-0.05, 0) is 29.3 Å². The molecule has 5 atom stereocenters. The number of ether oxygens (including phenoxy) is 3. The number of pyridine rings is 1. The van der Waals surface area contributed by atoms with Crippen LogP contribution in [0.25, 0.3) is 33.5 Å². The molecule has 4 aromatic rings. The fourth-order valence-electron chi connectivity index (χ4n) is 4.70. The van der Waals surface area contributed by atoms with Crippen LogP contribution in [0, 0.1) is 4.78 Å². The summed E-state index contributed by atoms with van der Waals surface area (Å²) in [7, 11) is -1.77. The van der Waals surface area contributed by atoms with E-state index in [0.29, 0.717) is 34.5 Å². The standard InChI is InChI=1S/C28H30ClN5O4S/c1-15(2)39(3,30)34-19-10-8-17(9-11-19)16-4-6-18(7-5-16)24-20(29)12-21-27(32-24)33-28(31-21)38-23-14-37-25-22(35)13-36-26(23)25/h4-12,15,22-23,25-26,30,35H,13-14H2,1-3H3,(H,31,32,33)/t22-,23-,25-,26-,39?/m1/s1. The molecule has 0 bridgehead atoms. The van der Waals surface area contributed by atoms with E-state index in [1.165, 1.54) is 0 Å². The van der Waals surface area contributed by atoms with Crippen LogP contribution in [0.1, 0.15) is 13.8 Å². The molecule has 11 heteroatoms. The molecule has 0 aliphatic carbocycles. The SMILES string of the molecule is CC(C)S(C)(=N)=Nc1ccc(-c2ccc(-c3nc4nc(O[C@@H]5CO[C@H]6[C@@H]5OC[C@H]6O)[nH]c4cc3Cl)cc2)cc1. The number of halogens is 1. The number of aromatic nitrogens is 3. The van der Waals surface area contributed by atoms with Gasteiger partial charge in [-0.3, -0.25) is 4.78 Å². The fraction of sp³-hybridized carbons (Fsp3) is 0.357. The van der Waals surface area contributed by atoms with Gasteiger partial charge in [0.15, 0.2) is 11.8 Å². The molecule has 0 saturated carbocycles. The molecule has 204 valence electrons. The van der Waals surface area contributed by atoms with Crippen molar-refractivity contribution in [3.8, 4) is 28.4 Å². The first-order valence-corrected chi connectivity index (χ1v) is 15.2. The van der Waals surface area contributed by atoms with Gasteiger partial charge in [0.05, 0.1) is 35.1 Å². The number of imidazole rings is 1. The van der Waals surface area contributed by atoms with Gasteiger partial charge >= 0.3 is 0 Å². The number of hydrogen-bond acceptors (Lipinski definition) is 8. The zero-order valence-electron chi connectivity index (χ0n) is 21.8. The Morgan fingerprint density at radius 3 is 2.36 bits per heavy atom. The Kier molecular flexibility index (Phi) is 6.84. The number of nitrogens with zero attached hydrogens (tertiary/aromatic N) is 3. The van der Waals surface area contributed by atoms with Gasteiger partial charge in [0, 0.05) is 17.1 Å². The van der Waals surface area contributed by atoms with Gasteiger partial charge in [0.2, 0.25) is 0 Å². The van der Waals surface area contributed by atoms with Crippen molar-refractivity contribution in [1.82, 2.24) is 15.0 Å². The molecule has 2 fully saturated rings. The van der Waals surface area contributed by atoms with Gasteiger partial charge < -0.3 is 24.3 Å². The summed E-state index contributed by atoms with van der Waals surface area (Å²) in [6.45, 7) is 4.63. The van der Waals surface area contributed by atoms with Crippen molar-refractivity contribution in [2.75, 3.05) is 19.5 Å². The Labute approximate surface area is 232 Å². The predicted octanol–water partition coefficient (Wildman–Crippen LogP) is 5.62. The van der Waals surface area contributed by atoms with Crippen molar-refractivity contribution in [1.29, 1.82) is 4.78 Å². The van der Waals surface area contributed by atoms with Gasteiger partial charge in [-0.2, -0.15) is 4.98 Å². The lowest BCUT2D eigenvalue weighted by atomic mass is 10.0. The summed E-state index contributed by atoms with van der Waals surface area (Å²) < 4.78 is 30.4. The van der Waals surface area contributed by atoms with Crippen LogP contribution in [0.15, 0.2) is 59.0 Å². The molecule has 39 heavy (non-hydrogen) atoms. The van der Waals surface area contributed by atoms with Crippen LogP contribution in [0.5, 0.6) is 6.01 Å². The molecule has 6 rings (SSSR count). The third-order valence-corrected chi connectivity index (χ3v) is 9.94. The van der Waals surface area contributed by atoms with Gasteiger partial charge in [-0.1, -0.05) is 71.5 Å². The summed E-state index contributed by atoms with van der Waals surface area (Å²) in [5.74, 6) is 0. The molecule has 2 aliphatic heterocycles. The highest BCUT2D eigenvalue weighted by molar-refractivity contribution is 7.94. The number of fused-ring (bicyclic) bond motifs is 2. The van der Waals surface area contributed by atoms with Crippen LogP contribution in [0.2, 0.25) is 5.02 Å². The average Bonchev–Trinajstić information content (AvgIpc) is 3.60. The molecule has 0 radical (unpaired) electrons. The van der Waals surface area contributed by atoms with Gasteiger partial charge in [0.1, 0.15) is 18.3 Å². The molecular formula is C28H30ClN5O4S. The van der Waals surface area contributed by atoms with E-state index in [4.69, 9.17) is 35.6 Å². The zero-order chi connectivity index (χ0) is 27.3. The first-order chi connectivity index (χ1) is 18.7. The monoisotopic (exact) mass is 567 g/mol. The zero-order valence-corrected chi connectivity index (χ0v) is 23.4. The maximum atomic E-state index is 9.95. The second-order valence-corrected chi connectivity index (χ2v) is 13.7. The average molecular weight is 568 g/mol. The molecule has 9 nitrogen and oxygen atoms in total. The van der Waals surface area contributed by atoms with Crippen LogP contribution >= 0.6 is 11.6 Å². The van der Waals surface area contributed by atoms with Gasteiger partial charge in [-0.15, -0.1) is 0 Å². The molecule has 2 aliphatic rings. The minimum Gasteiger partial charge on any atom is -0.456 e. The third kappa shape index (κ3) is 5.15. The molecule has 1 unspecified atom stereocenters. The van der Waals surface area contributed by atoms with Crippen LogP contribution in [-0.2, 0) is 19.1 Å². The number of rotatable bonds is 6. The van der Waals surface area contributed by atoms with Gasteiger partial charge in [-0.25, -0.2) is 9.35 Å². The van der Waals surface area contributed by atoms with Crippen molar-refractivity contribution in [2.24, 2.45) is 4.36 Å². The Hall–Kier alpha value is -3.02. The van der Waals surface area contributed by atoms with Crippen LogP contribution in [0.3, 0.4) is 0 Å². The second-order valence-electron chi connectivity index (χ2n) is 10.3. The van der Waals surface area contributed by atoms with Crippen molar-refractivity contribution in [3.63, 3.8) is 0 Å². The maximum absolute atomic E-state index is 9.95. The molecule has 2 aromatic carbocycles. The van der Waals surface area contributed by atoms with Crippen LogP contribution in [0.4, 0.5) is 5.69 Å². The first-order valence-electron chi connectivity index (χ1n) is 12.8. The van der Waals surface area contributed by atoms with Crippen molar-refractivity contribution in [2.45, 2.75) is 43.5 Å². The summed E-state index contributed by atoms with van der Waals surface area (Å²) in [6.07, 6.45) is 0.196. The Balaban J connectivity index is 1.20. The molecule has 0 amide bonds. The van der Waals surface area contributed by atoms with Crippen molar-refractivity contribution >= 4 is 38.1 Å². The smallest absolute Gasteiger partial charge is 0.296 e. The van der Waals surface area contributed by atoms with E-state index >= 15 is 0 Å². The topological polar surface area (TPSA) is 126 Å². The van der Waals surface area contributed by atoms with Crippen molar-refractivity contribution in [3.05, 3.63) is 59.6 Å². The van der Waals surface area contributed by atoms with Gasteiger partial charge in [0.25, 0.3) is 6.01 Å². The van der Waals surface area contributed by atoms with E-state index in [1.54, 1.807) is 6.07 Å². The minimum absolute atomic E-state index is 0.205. The molecule has 2 aromatic heterocycles. The third-order valence-electron chi connectivity index (χ3n) is 7.22. The van der Waals surface area contributed by atoms with Crippen molar-refractivity contribution < 1.29 is 19.3 Å². The quantitative estimate of drug-likeness (QED) is 0.277. The largest absolute Gasteiger partial charge is 0.456 e. The summed E-state index contributed by atoms with van der Waals surface area (Å²) in [6, 6.07) is 18.1. The number of H-pyrrole nitrogens is 1. The molecular weight excluding hydrogens is 538 g/mol. The van der Waals surface area contributed by atoms with E-state index in [2.05, 4.69) is 14.3 Å².